The molecule has 6 heteroatoms. The predicted octanol–water partition coefficient (Wildman–Crippen LogP) is 0.749. The van der Waals surface area contributed by atoms with Crippen LogP contribution in [0.4, 0.5) is 0 Å². The van der Waals surface area contributed by atoms with Gasteiger partial charge in [-0.2, -0.15) is 5.10 Å². The summed E-state index contributed by atoms with van der Waals surface area (Å²) in [5.74, 6) is 6.27. The second-order valence-corrected chi connectivity index (χ2v) is 4.25. The van der Waals surface area contributed by atoms with E-state index in [1.165, 1.54) is 0 Å². The quantitative estimate of drug-likeness (QED) is 0.601. The summed E-state index contributed by atoms with van der Waals surface area (Å²) in [6.45, 7) is 4.88. The molecule has 0 aromatic carbocycles. The molecule has 18 heavy (non-hydrogen) atoms. The minimum Gasteiger partial charge on any atom is -0.273 e. The van der Waals surface area contributed by atoms with E-state index in [9.17, 15) is 0 Å². The summed E-state index contributed by atoms with van der Waals surface area (Å²) >= 11 is 0. The number of hydrogen-bond acceptors (Lipinski definition) is 5. The first-order valence-electron chi connectivity index (χ1n) is 5.99. The average molecular weight is 246 g/mol. The number of nitrogens with two attached hydrogens (primary N) is 1. The lowest BCUT2D eigenvalue weighted by molar-refractivity contribution is 0.521. The van der Waals surface area contributed by atoms with Gasteiger partial charge < -0.3 is 0 Å². The maximum absolute atomic E-state index is 5.57. The molecule has 3 N–H and O–H groups in total. The Kier molecular flexibility index (Phi) is 4.01. The van der Waals surface area contributed by atoms with Crippen molar-refractivity contribution >= 4 is 0 Å². The van der Waals surface area contributed by atoms with Gasteiger partial charge in [-0.15, -0.1) is 0 Å². The molecule has 0 fully saturated rings. The van der Waals surface area contributed by atoms with E-state index in [2.05, 4.69) is 27.4 Å². The smallest absolute Gasteiger partial charge is 0.146 e. The Morgan fingerprint density at radius 2 is 2.06 bits per heavy atom. The molecule has 2 rings (SSSR count). The van der Waals surface area contributed by atoms with Gasteiger partial charge in [0.1, 0.15) is 5.82 Å². The van der Waals surface area contributed by atoms with Gasteiger partial charge in [-0.1, -0.05) is 0 Å². The summed E-state index contributed by atoms with van der Waals surface area (Å²) in [6, 6.07) is -0.0971. The van der Waals surface area contributed by atoms with Crippen LogP contribution >= 0.6 is 0 Å². The summed E-state index contributed by atoms with van der Waals surface area (Å²) in [4.78, 5) is 8.58. The average Bonchev–Trinajstić information content (AvgIpc) is 2.85. The Balaban J connectivity index is 2.11. The van der Waals surface area contributed by atoms with E-state index in [1.807, 2.05) is 24.0 Å². The molecule has 0 saturated carbocycles. The maximum atomic E-state index is 5.57. The van der Waals surface area contributed by atoms with E-state index in [0.29, 0.717) is 5.82 Å². The molecule has 0 aliphatic rings. The third-order valence-electron chi connectivity index (χ3n) is 2.76. The molecule has 2 aromatic heterocycles. The minimum atomic E-state index is -0.0971. The van der Waals surface area contributed by atoms with E-state index in [-0.39, 0.29) is 6.04 Å². The SMILES string of the molecule is CCn1cc(CC(NN)c2ncc(C)cn2)cn1. The van der Waals surface area contributed by atoms with Crippen molar-refractivity contribution < 1.29 is 0 Å². The number of nitrogens with zero attached hydrogens (tertiary/aromatic N) is 4. The first-order chi connectivity index (χ1) is 8.72. The lowest BCUT2D eigenvalue weighted by Gasteiger charge is -2.13. The van der Waals surface area contributed by atoms with Crippen LogP contribution in [0.15, 0.2) is 24.8 Å². The standard InChI is InChI=1S/C12H18N6/c1-3-18-8-10(7-16-18)4-11(17-13)12-14-5-9(2)6-15-12/h5-8,11,17H,3-4,13H2,1-2H3. The van der Waals surface area contributed by atoms with Crippen LogP contribution in [-0.4, -0.2) is 19.7 Å². The van der Waals surface area contributed by atoms with Gasteiger partial charge in [0.2, 0.25) is 0 Å². The van der Waals surface area contributed by atoms with Crippen LogP contribution in [0.25, 0.3) is 0 Å². The Morgan fingerprint density at radius 3 is 2.61 bits per heavy atom. The van der Waals surface area contributed by atoms with Gasteiger partial charge in [-0.3, -0.25) is 10.5 Å². The van der Waals surface area contributed by atoms with Gasteiger partial charge in [0.15, 0.2) is 0 Å². The Labute approximate surface area is 106 Å². The van der Waals surface area contributed by atoms with E-state index < -0.39 is 0 Å². The molecular weight excluding hydrogens is 228 g/mol. The maximum Gasteiger partial charge on any atom is 0.146 e. The highest BCUT2D eigenvalue weighted by Gasteiger charge is 2.14. The molecule has 2 heterocycles. The highest BCUT2D eigenvalue weighted by molar-refractivity contribution is 5.11. The zero-order chi connectivity index (χ0) is 13.0. The molecular formula is C12H18N6. The fourth-order valence-electron chi connectivity index (χ4n) is 1.73. The van der Waals surface area contributed by atoms with E-state index in [0.717, 1.165) is 24.1 Å². The van der Waals surface area contributed by atoms with Crippen LogP contribution in [0.3, 0.4) is 0 Å². The molecule has 1 atom stereocenters. The Hall–Kier alpha value is -1.79. The Bertz CT molecular complexity index is 490. The lowest BCUT2D eigenvalue weighted by atomic mass is 10.1. The first-order valence-corrected chi connectivity index (χ1v) is 5.99. The lowest BCUT2D eigenvalue weighted by Crippen LogP contribution is -2.30. The fourth-order valence-corrected chi connectivity index (χ4v) is 1.73. The van der Waals surface area contributed by atoms with Gasteiger partial charge in [0, 0.05) is 25.1 Å². The summed E-state index contributed by atoms with van der Waals surface area (Å²) in [7, 11) is 0. The van der Waals surface area contributed by atoms with E-state index in [1.54, 1.807) is 12.4 Å². The summed E-state index contributed by atoms with van der Waals surface area (Å²) < 4.78 is 1.89. The van der Waals surface area contributed by atoms with Gasteiger partial charge in [0.05, 0.1) is 12.2 Å². The van der Waals surface area contributed by atoms with Gasteiger partial charge in [-0.05, 0) is 31.4 Å². The van der Waals surface area contributed by atoms with Crippen molar-refractivity contribution in [3.63, 3.8) is 0 Å². The van der Waals surface area contributed by atoms with Crippen LogP contribution in [-0.2, 0) is 13.0 Å². The number of hydrazine groups is 1. The minimum absolute atomic E-state index is 0.0971. The summed E-state index contributed by atoms with van der Waals surface area (Å²) in [5, 5.41) is 4.24. The first kappa shape index (κ1) is 12.7. The topological polar surface area (TPSA) is 81.7 Å². The molecule has 0 saturated heterocycles. The number of hydrogen-bond donors (Lipinski definition) is 2. The largest absolute Gasteiger partial charge is 0.273 e. The third kappa shape index (κ3) is 2.91. The van der Waals surface area contributed by atoms with Crippen LogP contribution < -0.4 is 11.3 Å². The molecule has 0 aliphatic carbocycles. The molecule has 6 nitrogen and oxygen atoms in total. The fraction of sp³-hybridized carbons (Fsp3) is 0.417. The number of aromatic nitrogens is 4. The van der Waals surface area contributed by atoms with Gasteiger partial charge in [-0.25, -0.2) is 15.4 Å². The van der Waals surface area contributed by atoms with E-state index in [4.69, 9.17) is 5.84 Å². The van der Waals surface area contributed by atoms with Crippen molar-refractivity contribution in [3.05, 3.63) is 41.7 Å². The van der Waals surface area contributed by atoms with Crippen LogP contribution in [0.2, 0.25) is 0 Å². The monoisotopic (exact) mass is 246 g/mol. The van der Waals surface area contributed by atoms with Crippen LogP contribution in [0, 0.1) is 6.92 Å². The van der Waals surface area contributed by atoms with Gasteiger partial charge in [0.25, 0.3) is 0 Å². The zero-order valence-corrected chi connectivity index (χ0v) is 10.7. The number of rotatable bonds is 5. The summed E-state index contributed by atoms with van der Waals surface area (Å²) in [5.41, 5.74) is 4.90. The second kappa shape index (κ2) is 5.70. The molecule has 96 valence electrons. The highest BCUT2D eigenvalue weighted by atomic mass is 15.3. The van der Waals surface area contributed by atoms with Crippen molar-refractivity contribution in [2.24, 2.45) is 5.84 Å². The van der Waals surface area contributed by atoms with Crippen molar-refractivity contribution in [2.45, 2.75) is 32.9 Å². The Morgan fingerprint density at radius 1 is 1.33 bits per heavy atom. The number of nitrogens with one attached hydrogen (secondary N) is 1. The molecule has 0 radical (unpaired) electrons. The van der Waals surface area contributed by atoms with Crippen molar-refractivity contribution in [1.82, 2.24) is 25.2 Å². The molecule has 0 bridgehead atoms. The molecule has 0 amide bonds. The normalized spacial score (nSPS) is 12.6. The summed E-state index contributed by atoms with van der Waals surface area (Å²) in [6.07, 6.45) is 8.17. The molecule has 2 aromatic rings. The number of aryl methyl sites for hydroxylation is 2. The zero-order valence-electron chi connectivity index (χ0n) is 10.7. The van der Waals surface area contributed by atoms with Crippen LogP contribution in [0.5, 0.6) is 0 Å². The third-order valence-corrected chi connectivity index (χ3v) is 2.76. The van der Waals surface area contributed by atoms with Crippen molar-refractivity contribution in [2.75, 3.05) is 0 Å². The van der Waals surface area contributed by atoms with Gasteiger partial charge >= 0.3 is 0 Å². The predicted molar refractivity (Wildman–Crippen MR) is 68.4 cm³/mol. The van der Waals surface area contributed by atoms with Crippen LogP contribution in [0.1, 0.15) is 29.9 Å². The molecule has 0 spiro atoms. The van der Waals surface area contributed by atoms with E-state index >= 15 is 0 Å². The highest BCUT2D eigenvalue weighted by Crippen LogP contribution is 2.13. The molecule has 1 unspecified atom stereocenters. The van der Waals surface area contributed by atoms with Crippen molar-refractivity contribution in [1.29, 1.82) is 0 Å². The molecule has 0 aliphatic heterocycles. The second-order valence-electron chi connectivity index (χ2n) is 4.25. The van der Waals surface area contributed by atoms with Crippen molar-refractivity contribution in [3.8, 4) is 0 Å².